The number of nitrogen functional groups attached to an aromatic ring is 1. The van der Waals surface area contributed by atoms with E-state index in [1.165, 1.54) is 10.9 Å². The lowest BCUT2D eigenvalue weighted by atomic mass is 10.2. The van der Waals surface area contributed by atoms with Crippen molar-refractivity contribution < 1.29 is 4.74 Å². The summed E-state index contributed by atoms with van der Waals surface area (Å²) in [5, 5.41) is 1.22. The van der Waals surface area contributed by atoms with Gasteiger partial charge in [-0.25, -0.2) is 0 Å². The molecule has 0 atom stereocenters. The SMILES string of the molecule is COc1ccc(Cn2ccc3c(Br)cccc32)cc1N. The van der Waals surface area contributed by atoms with E-state index in [2.05, 4.69) is 44.9 Å². The topological polar surface area (TPSA) is 40.2 Å². The minimum absolute atomic E-state index is 0.669. The van der Waals surface area contributed by atoms with Crippen LogP contribution in [-0.4, -0.2) is 11.7 Å². The molecule has 1 aromatic heterocycles. The number of nitrogens with two attached hydrogens (primary N) is 1. The average Bonchev–Trinajstić information content (AvgIpc) is 2.84. The minimum Gasteiger partial charge on any atom is -0.495 e. The molecule has 0 fully saturated rings. The lowest BCUT2D eigenvalue weighted by Crippen LogP contribution is -2.00. The monoisotopic (exact) mass is 330 g/mol. The lowest BCUT2D eigenvalue weighted by molar-refractivity contribution is 0.417. The molecule has 3 rings (SSSR count). The maximum atomic E-state index is 5.96. The maximum Gasteiger partial charge on any atom is 0.141 e. The van der Waals surface area contributed by atoms with E-state index >= 15 is 0 Å². The van der Waals surface area contributed by atoms with Gasteiger partial charge in [-0.1, -0.05) is 28.1 Å². The zero-order valence-corrected chi connectivity index (χ0v) is 12.7. The van der Waals surface area contributed by atoms with Crippen molar-refractivity contribution >= 4 is 32.5 Å². The van der Waals surface area contributed by atoms with Crippen LogP contribution in [0, 0.1) is 0 Å². The van der Waals surface area contributed by atoms with Crippen LogP contribution in [0.5, 0.6) is 5.75 Å². The minimum atomic E-state index is 0.669. The van der Waals surface area contributed by atoms with Crippen molar-refractivity contribution in [3.8, 4) is 5.75 Å². The fourth-order valence-electron chi connectivity index (χ4n) is 2.40. The zero-order chi connectivity index (χ0) is 14.1. The average molecular weight is 331 g/mol. The highest BCUT2D eigenvalue weighted by molar-refractivity contribution is 9.10. The van der Waals surface area contributed by atoms with Gasteiger partial charge >= 0.3 is 0 Å². The third kappa shape index (κ3) is 2.27. The van der Waals surface area contributed by atoms with Crippen LogP contribution < -0.4 is 10.5 Å². The van der Waals surface area contributed by atoms with Crippen molar-refractivity contribution in [2.45, 2.75) is 6.54 Å². The molecule has 0 aliphatic rings. The van der Waals surface area contributed by atoms with E-state index in [1.54, 1.807) is 7.11 Å². The molecule has 0 unspecified atom stereocenters. The van der Waals surface area contributed by atoms with Crippen LogP contribution in [0.1, 0.15) is 5.56 Å². The smallest absolute Gasteiger partial charge is 0.141 e. The number of fused-ring (bicyclic) bond motifs is 1. The summed E-state index contributed by atoms with van der Waals surface area (Å²) in [4.78, 5) is 0. The summed E-state index contributed by atoms with van der Waals surface area (Å²) in [6.45, 7) is 0.786. The molecule has 0 spiro atoms. The number of nitrogens with zero attached hydrogens (tertiary/aromatic N) is 1. The number of ether oxygens (including phenoxy) is 1. The second-order valence-corrected chi connectivity index (χ2v) is 5.55. The summed E-state index contributed by atoms with van der Waals surface area (Å²) in [5.41, 5.74) is 8.98. The molecule has 2 N–H and O–H groups in total. The van der Waals surface area contributed by atoms with E-state index in [0.29, 0.717) is 11.4 Å². The first kappa shape index (κ1) is 13.1. The first-order valence-electron chi connectivity index (χ1n) is 6.35. The van der Waals surface area contributed by atoms with Crippen LogP contribution in [0.3, 0.4) is 0 Å². The van der Waals surface area contributed by atoms with Crippen molar-refractivity contribution in [3.63, 3.8) is 0 Å². The molecule has 0 radical (unpaired) electrons. The molecule has 0 saturated heterocycles. The number of hydrogen-bond acceptors (Lipinski definition) is 2. The second kappa shape index (κ2) is 5.21. The van der Waals surface area contributed by atoms with Gasteiger partial charge in [0.25, 0.3) is 0 Å². The van der Waals surface area contributed by atoms with Gasteiger partial charge in [-0.3, -0.25) is 0 Å². The molecule has 0 bridgehead atoms. The molecule has 20 heavy (non-hydrogen) atoms. The summed E-state index contributed by atoms with van der Waals surface area (Å²) in [6.07, 6.45) is 2.09. The molecule has 0 saturated carbocycles. The van der Waals surface area contributed by atoms with E-state index in [0.717, 1.165) is 16.6 Å². The predicted octanol–water partition coefficient (Wildman–Crippen LogP) is 4.04. The van der Waals surface area contributed by atoms with E-state index in [9.17, 15) is 0 Å². The molecular formula is C16H15BrN2O. The number of anilines is 1. The Kier molecular flexibility index (Phi) is 3.40. The second-order valence-electron chi connectivity index (χ2n) is 4.69. The fraction of sp³-hybridized carbons (Fsp3) is 0.125. The predicted molar refractivity (Wildman–Crippen MR) is 86.1 cm³/mol. The van der Waals surface area contributed by atoms with Crippen LogP contribution in [-0.2, 0) is 6.54 Å². The van der Waals surface area contributed by atoms with Crippen molar-refractivity contribution in [3.05, 3.63) is 58.7 Å². The van der Waals surface area contributed by atoms with E-state index < -0.39 is 0 Å². The van der Waals surface area contributed by atoms with Crippen molar-refractivity contribution in [2.24, 2.45) is 0 Å². The quantitative estimate of drug-likeness (QED) is 0.736. The van der Waals surface area contributed by atoms with Crippen LogP contribution >= 0.6 is 15.9 Å². The highest BCUT2D eigenvalue weighted by Gasteiger charge is 2.06. The summed E-state index contributed by atoms with van der Waals surface area (Å²) in [7, 11) is 1.63. The summed E-state index contributed by atoms with van der Waals surface area (Å²) >= 11 is 3.58. The summed E-state index contributed by atoms with van der Waals surface area (Å²) < 4.78 is 8.51. The van der Waals surface area contributed by atoms with Crippen LogP contribution in [0.4, 0.5) is 5.69 Å². The standard InChI is InChI=1S/C16H15BrN2O/c1-20-16-6-5-11(9-14(16)18)10-19-8-7-12-13(17)3-2-4-15(12)19/h2-9H,10,18H2,1H3. The third-order valence-electron chi connectivity index (χ3n) is 3.41. The zero-order valence-electron chi connectivity index (χ0n) is 11.1. The Bertz CT molecular complexity index is 764. The number of rotatable bonds is 3. The van der Waals surface area contributed by atoms with E-state index in [-0.39, 0.29) is 0 Å². The number of aromatic nitrogens is 1. The van der Waals surface area contributed by atoms with Gasteiger partial charge in [0.05, 0.1) is 12.8 Å². The Hall–Kier alpha value is -1.94. The maximum absolute atomic E-state index is 5.96. The molecule has 0 aliphatic carbocycles. The van der Waals surface area contributed by atoms with Gasteiger partial charge in [-0.2, -0.15) is 0 Å². The third-order valence-corrected chi connectivity index (χ3v) is 4.10. The van der Waals surface area contributed by atoms with Crippen molar-refractivity contribution in [1.29, 1.82) is 0 Å². The molecule has 3 nitrogen and oxygen atoms in total. The summed E-state index contributed by atoms with van der Waals surface area (Å²) in [6, 6.07) is 14.2. The molecule has 2 aromatic carbocycles. The fourth-order valence-corrected chi connectivity index (χ4v) is 2.89. The van der Waals surface area contributed by atoms with Gasteiger partial charge in [-0.15, -0.1) is 0 Å². The molecule has 4 heteroatoms. The number of halogens is 1. The lowest BCUT2D eigenvalue weighted by Gasteiger charge is -2.09. The van der Waals surface area contributed by atoms with Gasteiger partial charge in [0.15, 0.2) is 0 Å². The highest BCUT2D eigenvalue weighted by Crippen LogP contribution is 2.27. The van der Waals surface area contributed by atoms with Crippen LogP contribution in [0.2, 0.25) is 0 Å². The Labute approximate surface area is 126 Å². The summed E-state index contributed by atoms with van der Waals surface area (Å²) in [5.74, 6) is 0.717. The normalized spacial score (nSPS) is 10.9. The first-order valence-corrected chi connectivity index (χ1v) is 7.14. The largest absolute Gasteiger partial charge is 0.495 e. The number of benzene rings is 2. The molecular weight excluding hydrogens is 316 g/mol. The molecule has 1 heterocycles. The number of methoxy groups -OCH3 is 1. The molecule has 0 aliphatic heterocycles. The van der Waals surface area contributed by atoms with E-state index in [4.69, 9.17) is 10.5 Å². The van der Waals surface area contributed by atoms with Gasteiger partial charge in [0.1, 0.15) is 5.75 Å². The van der Waals surface area contributed by atoms with Crippen LogP contribution in [0.15, 0.2) is 53.1 Å². The Morgan fingerprint density at radius 3 is 2.80 bits per heavy atom. The number of hydrogen-bond donors (Lipinski definition) is 1. The van der Waals surface area contributed by atoms with Gasteiger partial charge < -0.3 is 15.0 Å². The van der Waals surface area contributed by atoms with E-state index in [1.807, 2.05) is 24.3 Å². The van der Waals surface area contributed by atoms with Crippen molar-refractivity contribution in [1.82, 2.24) is 4.57 Å². The van der Waals surface area contributed by atoms with Gasteiger partial charge in [-0.05, 0) is 35.9 Å². The van der Waals surface area contributed by atoms with Crippen molar-refractivity contribution in [2.75, 3.05) is 12.8 Å². The Morgan fingerprint density at radius 2 is 2.05 bits per heavy atom. The highest BCUT2D eigenvalue weighted by atomic mass is 79.9. The Morgan fingerprint density at radius 1 is 1.20 bits per heavy atom. The van der Waals surface area contributed by atoms with Gasteiger partial charge in [0, 0.05) is 28.1 Å². The molecule has 3 aromatic rings. The van der Waals surface area contributed by atoms with Gasteiger partial charge in [0.2, 0.25) is 0 Å². The first-order chi connectivity index (χ1) is 9.69. The molecule has 102 valence electrons. The Balaban J connectivity index is 1.97. The molecule has 0 amide bonds. The van der Waals surface area contributed by atoms with Crippen LogP contribution in [0.25, 0.3) is 10.9 Å².